The van der Waals surface area contributed by atoms with Gasteiger partial charge in [-0.25, -0.2) is 4.68 Å². The first-order valence-corrected chi connectivity index (χ1v) is 5.65. The molecular formula is C11H7ClF3N3O2. The number of hydrogen-bond donors (Lipinski definition) is 1. The van der Waals surface area contributed by atoms with E-state index in [9.17, 15) is 18.0 Å². The van der Waals surface area contributed by atoms with E-state index in [1.807, 2.05) is 0 Å². The molecule has 0 aliphatic rings. The Bertz CT molecular complexity index is 655. The van der Waals surface area contributed by atoms with Crippen LogP contribution in [0.1, 0.15) is 11.3 Å². The van der Waals surface area contributed by atoms with Gasteiger partial charge in [0.2, 0.25) is 0 Å². The number of aliphatic carboxylic acids is 1. The number of carboxylic acid groups (broad SMARTS) is 1. The van der Waals surface area contributed by atoms with Crippen LogP contribution in [0.5, 0.6) is 0 Å². The molecule has 9 heteroatoms. The van der Waals surface area contributed by atoms with E-state index in [-0.39, 0.29) is 11.4 Å². The van der Waals surface area contributed by atoms with Gasteiger partial charge in [0, 0.05) is 0 Å². The highest BCUT2D eigenvalue weighted by Crippen LogP contribution is 2.35. The smallest absolute Gasteiger partial charge is 0.417 e. The summed E-state index contributed by atoms with van der Waals surface area (Å²) in [6.07, 6.45) is -3.84. The lowest BCUT2D eigenvalue weighted by Crippen LogP contribution is -2.11. The van der Waals surface area contributed by atoms with Crippen LogP contribution in [0.2, 0.25) is 5.02 Å². The van der Waals surface area contributed by atoms with Crippen LogP contribution in [-0.2, 0) is 17.4 Å². The quantitative estimate of drug-likeness (QED) is 0.946. The van der Waals surface area contributed by atoms with Gasteiger partial charge in [-0.3, -0.25) is 4.79 Å². The van der Waals surface area contributed by atoms with E-state index < -0.39 is 29.2 Å². The maximum Gasteiger partial charge on any atom is 0.417 e. The van der Waals surface area contributed by atoms with Gasteiger partial charge < -0.3 is 5.11 Å². The Hall–Kier alpha value is -2.09. The third kappa shape index (κ3) is 2.90. The number of halogens is 4. The Morgan fingerprint density at radius 2 is 2.10 bits per heavy atom. The third-order valence-electron chi connectivity index (χ3n) is 2.45. The minimum absolute atomic E-state index is 0.0375. The van der Waals surface area contributed by atoms with Crippen LogP contribution in [0.4, 0.5) is 13.2 Å². The highest BCUT2D eigenvalue weighted by atomic mass is 35.5. The van der Waals surface area contributed by atoms with Crippen molar-refractivity contribution in [1.82, 2.24) is 15.0 Å². The number of hydrogen-bond acceptors (Lipinski definition) is 3. The highest BCUT2D eigenvalue weighted by molar-refractivity contribution is 6.31. The molecule has 0 saturated carbocycles. The summed E-state index contributed by atoms with van der Waals surface area (Å²) in [5.41, 5.74) is -0.822. The van der Waals surface area contributed by atoms with Gasteiger partial charge >= 0.3 is 12.1 Å². The molecule has 0 radical (unpaired) electrons. The van der Waals surface area contributed by atoms with E-state index in [2.05, 4.69) is 10.3 Å². The van der Waals surface area contributed by atoms with Crippen LogP contribution >= 0.6 is 11.6 Å². The van der Waals surface area contributed by atoms with Crippen LogP contribution in [0.25, 0.3) is 5.69 Å². The molecule has 1 aromatic carbocycles. The van der Waals surface area contributed by atoms with Crippen molar-refractivity contribution in [2.45, 2.75) is 12.6 Å². The molecule has 0 saturated heterocycles. The summed E-state index contributed by atoms with van der Waals surface area (Å²) in [7, 11) is 0. The van der Waals surface area contributed by atoms with Gasteiger partial charge in [0.15, 0.2) is 0 Å². The number of benzene rings is 1. The number of aromatic nitrogens is 3. The minimum atomic E-state index is -4.61. The van der Waals surface area contributed by atoms with E-state index in [1.165, 1.54) is 12.3 Å². The first-order chi connectivity index (χ1) is 9.29. The van der Waals surface area contributed by atoms with Gasteiger partial charge in [-0.2, -0.15) is 13.2 Å². The molecule has 20 heavy (non-hydrogen) atoms. The highest BCUT2D eigenvalue weighted by Gasteiger charge is 2.33. The molecule has 2 rings (SSSR count). The number of carboxylic acids is 1. The lowest BCUT2D eigenvalue weighted by atomic mass is 10.2. The second-order valence-corrected chi connectivity index (χ2v) is 4.28. The summed E-state index contributed by atoms with van der Waals surface area (Å²) in [5, 5.41) is 15.4. The monoisotopic (exact) mass is 305 g/mol. The van der Waals surface area contributed by atoms with Crippen molar-refractivity contribution in [3.8, 4) is 5.69 Å². The predicted molar refractivity (Wildman–Crippen MR) is 62.7 cm³/mol. The Balaban J connectivity index is 2.49. The van der Waals surface area contributed by atoms with Crippen molar-refractivity contribution in [3.63, 3.8) is 0 Å². The standard InChI is InChI=1S/C11H7ClF3N3O2/c12-9-2-1-6(3-8(9)11(13,14)15)18-7(4-10(19)20)5-16-17-18/h1-3,5H,4H2,(H,19,20). The molecule has 0 bridgehead atoms. The van der Waals surface area contributed by atoms with Crippen LogP contribution < -0.4 is 0 Å². The Kier molecular flexibility index (Phi) is 3.67. The zero-order chi connectivity index (χ0) is 14.9. The predicted octanol–water partition coefficient (Wildman–Crippen LogP) is 2.57. The van der Waals surface area contributed by atoms with Crippen LogP contribution in [0.3, 0.4) is 0 Å². The first-order valence-electron chi connectivity index (χ1n) is 5.27. The molecule has 0 aliphatic carbocycles. The molecule has 1 aromatic heterocycles. The SMILES string of the molecule is O=C(O)Cc1cnnn1-c1ccc(Cl)c(C(F)(F)F)c1. The van der Waals surface area contributed by atoms with Gasteiger partial charge in [-0.15, -0.1) is 5.10 Å². The van der Waals surface area contributed by atoms with Gasteiger partial charge in [0.1, 0.15) is 0 Å². The van der Waals surface area contributed by atoms with Gasteiger partial charge in [0.05, 0.1) is 34.6 Å². The Morgan fingerprint density at radius 3 is 2.70 bits per heavy atom. The fraction of sp³-hybridized carbons (Fsp3) is 0.182. The van der Waals surface area contributed by atoms with E-state index in [1.54, 1.807) is 0 Å². The van der Waals surface area contributed by atoms with Gasteiger partial charge in [0.25, 0.3) is 0 Å². The molecule has 0 unspecified atom stereocenters. The summed E-state index contributed by atoms with van der Waals surface area (Å²) >= 11 is 5.51. The van der Waals surface area contributed by atoms with Crippen molar-refractivity contribution in [1.29, 1.82) is 0 Å². The van der Waals surface area contributed by atoms with E-state index in [0.29, 0.717) is 0 Å². The van der Waals surface area contributed by atoms with E-state index in [0.717, 1.165) is 16.8 Å². The Morgan fingerprint density at radius 1 is 1.40 bits per heavy atom. The summed E-state index contributed by atoms with van der Waals surface area (Å²) in [5.74, 6) is -1.14. The fourth-order valence-electron chi connectivity index (χ4n) is 1.61. The van der Waals surface area contributed by atoms with Crippen molar-refractivity contribution in [2.24, 2.45) is 0 Å². The van der Waals surface area contributed by atoms with Crippen molar-refractivity contribution < 1.29 is 23.1 Å². The normalized spacial score (nSPS) is 11.6. The lowest BCUT2D eigenvalue weighted by molar-refractivity contribution is -0.138. The minimum Gasteiger partial charge on any atom is -0.481 e. The van der Waals surface area contributed by atoms with E-state index >= 15 is 0 Å². The summed E-state index contributed by atoms with van der Waals surface area (Å²) < 4.78 is 39.3. The molecular weight excluding hydrogens is 299 g/mol. The average molecular weight is 306 g/mol. The van der Waals surface area contributed by atoms with Crippen LogP contribution in [0.15, 0.2) is 24.4 Å². The molecule has 0 atom stereocenters. The number of alkyl halides is 3. The Labute approximate surface area is 115 Å². The maximum atomic E-state index is 12.8. The second kappa shape index (κ2) is 5.12. The molecule has 1 heterocycles. The number of nitrogens with zero attached hydrogens (tertiary/aromatic N) is 3. The van der Waals surface area contributed by atoms with E-state index in [4.69, 9.17) is 16.7 Å². The van der Waals surface area contributed by atoms with Gasteiger partial charge in [-0.1, -0.05) is 16.8 Å². The van der Waals surface area contributed by atoms with Crippen LogP contribution in [0, 0.1) is 0 Å². The molecule has 2 aromatic rings. The topological polar surface area (TPSA) is 68.0 Å². The first kappa shape index (κ1) is 14.3. The zero-order valence-corrected chi connectivity index (χ0v) is 10.5. The van der Waals surface area contributed by atoms with Crippen molar-refractivity contribution in [2.75, 3.05) is 0 Å². The zero-order valence-electron chi connectivity index (χ0n) is 9.73. The van der Waals surface area contributed by atoms with Gasteiger partial charge in [-0.05, 0) is 18.2 Å². The molecule has 0 fully saturated rings. The van der Waals surface area contributed by atoms with Crippen molar-refractivity contribution in [3.05, 3.63) is 40.7 Å². The largest absolute Gasteiger partial charge is 0.481 e. The van der Waals surface area contributed by atoms with Crippen LogP contribution in [-0.4, -0.2) is 26.1 Å². The summed E-state index contributed by atoms with van der Waals surface area (Å²) in [6.45, 7) is 0. The number of rotatable bonds is 3. The lowest BCUT2D eigenvalue weighted by Gasteiger charge is -2.11. The molecule has 0 spiro atoms. The fourth-order valence-corrected chi connectivity index (χ4v) is 1.84. The maximum absolute atomic E-state index is 12.8. The molecule has 5 nitrogen and oxygen atoms in total. The third-order valence-corrected chi connectivity index (χ3v) is 2.78. The molecule has 1 N–H and O–H groups in total. The summed E-state index contributed by atoms with van der Waals surface area (Å²) in [6, 6.07) is 3.17. The van der Waals surface area contributed by atoms with Crippen molar-refractivity contribution >= 4 is 17.6 Å². The molecule has 106 valence electrons. The second-order valence-electron chi connectivity index (χ2n) is 3.87. The molecule has 0 amide bonds. The summed E-state index contributed by atoms with van der Waals surface area (Å²) in [4.78, 5) is 10.7. The average Bonchev–Trinajstić information content (AvgIpc) is 2.75. The number of carbonyl (C=O) groups is 1. The molecule has 0 aliphatic heterocycles.